The number of benzene rings is 1. The molecule has 9 heteroatoms. The highest BCUT2D eigenvalue weighted by Gasteiger charge is 2.40. The summed E-state index contributed by atoms with van der Waals surface area (Å²) < 4.78 is 58.8. The van der Waals surface area contributed by atoms with E-state index in [9.17, 15) is 22.4 Å². The number of alkyl halides is 3. The standard InChI is InChI=1S/C16H18F4N2O3/c17-13-7-12(25-16(18,19)20)2-1-11(13)8-24-14(23)22-5-3-15(4-6-22)9-21-10-15/h1-2,7,21H,3-6,8-10H2. The van der Waals surface area contributed by atoms with E-state index in [0.29, 0.717) is 19.2 Å². The largest absolute Gasteiger partial charge is 0.573 e. The molecule has 2 saturated heterocycles. The molecule has 25 heavy (non-hydrogen) atoms. The van der Waals surface area contributed by atoms with Crippen molar-refractivity contribution in [3.63, 3.8) is 0 Å². The molecule has 1 aromatic carbocycles. The quantitative estimate of drug-likeness (QED) is 0.840. The van der Waals surface area contributed by atoms with Gasteiger partial charge in [0.2, 0.25) is 0 Å². The van der Waals surface area contributed by atoms with Crippen LogP contribution in [-0.4, -0.2) is 43.5 Å². The molecule has 2 aliphatic rings. The zero-order valence-electron chi connectivity index (χ0n) is 13.4. The minimum atomic E-state index is -4.89. The smallest absolute Gasteiger partial charge is 0.444 e. The molecule has 0 unspecified atom stereocenters. The summed E-state index contributed by atoms with van der Waals surface area (Å²) in [5.41, 5.74) is 0.275. The molecule has 1 aromatic rings. The molecule has 0 radical (unpaired) electrons. The van der Waals surface area contributed by atoms with Crippen LogP contribution >= 0.6 is 0 Å². The number of halogens is 4. The van der Waals surface area contributed by atoms with Gasteiger partial charge in [-0.25, -0.2) is 9.18 Å². The molecule has 0 aromatic heterocycles. The Morgan fingerprint density at radius 1 is 1.24 bits per heavy atom. The van der Waals surface area contributed by atoms with Crippen molar-refractivity contribution in [3.05, 3.63) is 29.6 Å². The minimum Gasteiger partial charge on any atom is -0.444 e. The van der Waals surface area contributed by atoms with E-state index in [-0.39, 0.29) is 17.6 Å². The maximum Gasteiger partial charge on any atom is 0.573 e. The van der Waals surface area contributed by atoms with Crippen LogP contribution in [0, 0.1) is 11.2 Å². The second-order valence-electron chi connectivity index (χ2n) is 6.45. The number of hydrogen-bond donors (Lipinski definition) is 1. The first-order valence-electron chi connectivity index (χ1n) is 7.93. The van der Waals surface area contributed by atoms with Crippen LogP contribution in [0.25, 0.3) is 0 Å². The van der Waals surface area contributed by atoms with Crippen LogP contribution in [-0.2, 0) is 11.3 Å². The number of nitrogens with one attached hydrogen (secondary N) is 1. The maximum atomic E-state index is 13.8. The molecule has 138 valence electrons. The Bertz CT molecular complexity index is 637. The molecule has 2 aliphatic heterocycles. The van der Waals surface area contributed by atoms with Gasteiger partial charge >= 0.3 is 12.5 Å². The number of piperidine rings is 1. The minimum absolute atomic E-state index is 0.0143. The van der Waals surface area contributed by atoms with Crippen molar-refractivity contribution in [1.29, 1.82) is 0 Å². The molecule has 1 spiro atoms. The predicted molar refractivity (Wildman–Crippen MR) is 79.4 cm³/mol. The fourth-order valence-corrected chi connectivity index (χ4v) is 3.07. The zero-order chi connectivity index (χ0) is 18.1. The van der Waals surface area contributed by atoms with Crippen molar-refractivity contribution in [3.8, 4) is 5.75 Å². The summed E-state index contributed by atoms with van der Waals surface area (Å²) >= 11 is 0. The van der Waals surface area contributed by atoms with E-state index in [4.69, 9.17) is 4.74 Å². The van der Waals surface area contributed by atoms with E-state index < -0.39 is 24.0 Å². The van der Waals surface area contributed by atoms with Crippen LogP contribution in [0.2, 0.25) is 0 Å². The molecule has 0 saturated carbocycles. The van der Waals surface area contributed by atoms with Crippen molar-refractivity contribution < 1.29 is 31.8 Å². The Morgan fingerprint density at radius 2 is 1.92 bits per heavy atom. The molecule has 1 N–H and O–H groups in total. The molecular weight excluding hydrogens is 344 g/mol. The summed E-state index contributed by atoms with van der Waals surface area (Å²) in [6, 6.07) is 2.70. The van der Waals surface area contributed by atoms with Gasteiger partial charge in [-0.15, -0.1) is 13.2 Å². The lowest BCUT2D eigenvalue weighted by atomic mass is 9.73. The lowest BCUT2D eigenvalue weighted by Crippen LogP contribution is -2.58. The van der Waals surface area contributed by atoms with Crippen LogP contribution < -0.4 is 10.1 Å². The van der Waals surface area contributed by atoms with Gasteiger partial charge in [0.15, 0.2) is 0 Å². The van der Waals surface area contributed by atoms with Crippen LogP contribution in [0.15, 0.2) is 18.2 Å². The number of nitrogens with zero attached hydrogens (tertiary/aromatic N) is 1. The van der Waals surface area contributed by atoms with E-state index in [1.54, 1.807) is 4.90 Å². The summed E-state index contributed by atoms with van der Waals surface area (Å²) in [5.74, 6) is -1.58. The monoisotopic (exact) mass is 362 g/mol. The summed E-state index contributed by atoms with van der Waals surface area (Å²) in [5, 5.41) is 3.23. The Kier molecular flexibility index (Phi) is 4.77. The molecule has 2 fully saturated rings. The third kappa shape index (κ3) is 4.33. The normalized spacial score (nSPS) is 19.4. The van der Waals surface area contributed by atoms with Crippen LogP contribution in [0.3, 0.4) is 0 Å². The van der Waals surface area contributed by atoms with E-state index in [2.05, 4.69) is 10.1 Å². The highest BCUT2D eigenvalue weighted by molar-refractivity contribution is 5.67. The number of ether oxygens (including phenoxy) is 2. The van der Waals surface area contributed by atoms with Crippen molar-refractivity contribution in [2.24, 2.45) is 5.41 Å². The number of hydrogen-bond acceptors (Lipinski definition) is 4. The fourth-order valence-electron chi connectivity index (χ4n) is 3.07. The topological polar surface area (TPSA) is 50.8 Å². The number of amides is 1. The molecule has 0 bridgehead atoms. The van der Waals surface area contributed by atoms with Crippen LogP contribution in [0.5, 0.6) is 5.75 Å². The van der Waals surface area contributed by atoms with Gasteiger partial charge in [0.05, 0.1) is 0 Å². The fraction of sp³-hybridized carbons (Fsp3) is 0.562. The summed E-state index contributed by atoms with van der Waals surface area (Å²) in [6.45, 7) is 2.75. The van der Waals surface area contributed by atoms with E-state index in [1.165, 1.54) is 0 Å². The molecule has 0 aliphatic carbocycles. The van der Waals surface area contributed by atoms with Crippen molar-refractivity contribution in [1.82, 2.24) is 10.2 Å². The third-order valence-electron chi connectivity index (χ3n) is 4.69. The molecule has 0 atom stereocenters. The first-order chi connectivity index (χ1) is 11.8. The van der Waals surface area contributed by atoms with Gasteiger partial charge in [-0.2, -0.15) is 0 Å². The first kappa shape index (κ1) is 17.8. The van der Waals surface area contributed by atoms with Gasteiger partial charge in [-0.05, 0) is 30.4 Å². The van der Waals surface area contributed by atoms with E-state index in [1.807, 2.05) is 0 Å². The van der Waals surface area contributed by atoms with Gasteiger partial charge < -0.3 is 19.7 Å². The second kappa shape index (κ2) is 6.70. The molecular formula is C16H18F4N2O3. The van der Waals surface area contributed by atoms with Crippen molar-refractivity contribution in [2.45, 2.75) is 25.8 Å². The molecule has 3 rings (SSSR count). The number of carbonyl (C=O) groups excluding carboxylic acids is 1. The maximum absolute atomic E-state index is 13.8. The predicted octanol–water partition coefficient (Wildman–Crippen LogP) is 3.05. The number of rotatable bonds is 3. The average molecular weight is 362 g/mol. The van der Waals surface area contributed by atoms with Crippen molar-refractivity contribution in [2.75, 3.05) is 26.2 Å². The molecule has 5 nitrogen and oxygen atoms in total. The first-order valence-corrected chi connectivity index (χ1v) is 7.93. The van der Waals surface area contributed by atoms with E-state index >= 15 is 0 Å². The van der Waals surface area contributed by atoms with Gasteiger partial charge in [0.1, 0.15) is 18.2 Å². The highest BCUT2D eigenvalue weighted by atomic mass is 19.4. The molecule has 2 heterocycles. The average Bonchev–Trinajstić information content (AvgIpc) is 2.51. The zero-order valence-corrected chi connectivity index (χ0v) is 13.4. The highest BCUT2D eigenvalue weighted by Crippen LogP contribution is 2.35. The van der Waals surface area contributed by atoms with E-state index in [0.717, 1.165) is 38.1 Å². The molecule has 1 amide bonds. The Labute approximate surface area is 141 Å². The van der Waals surface area contributed by atoms with Gasteiger partial charge in [0, 0.05) is 37.8 Å². The SMILES string of the molecule is O=C(OCc1ccc(OC(F)(F)F)cc1F)N1CCC2(CC1)CNC2. The van der Waals surface area contributed by atoms with Gasteiger partial charge in [-0.3, -0.25) is 0 Å². The Hall–Kier alpha value is -2.03. The number of likely N-dealkylation sites (tertiary alicyclic amines) is 1. The Morgan fingerprint density at radius 3 is 2.44 bits per heavy atom. The summed E-state index contributed by atoms with van der Waals surface area (Å²) in [7, 11) is 0. The third-order valence-corrected chi connectivity index (χ3v) is 4.69. The second-order valence-corrected chi connectivity index (χ2v) is 6.45. The number of carbonyl (C=O) groups is 1. The van der Waals surface area contributed by atoms with Crippen molar-refractivity contribution >= 4 is 6.09 Å². The Balaban J connectivity index is 1.50. The van der Waals surface area contributed by atoms with Crippen LogP contribution in [0.4, 0.5) is 22.4 Å². The lowest BCUT2D eigenvalue weighted by molar-refractivity contribution is -0.274. The van der Waals surface area contributed by atoms with Crippen LogP contribution in [0.1, 0.15) is 18.4 Å². The summed E-state index contributed by atoms with van der Waals surface area (Å²) in [6.07, 6.45) is -3.64. The van der Waals surface area contributed by atoms with Gasteiger partial charge in [-0.1, -0.05) is 0 Å². The van der Waals surface area contributed by atoms with Gasteiger partial charge in [0.25, 0.3) is 0 Å². The lowest BCUT2D eigenvalue weighted by Gasteiger charge is -2.48. The summed E-state index contributed by atoms with van der Waals surface area (Å²) in [4.78, 5) is 13.6.